The van der Waals surface area contributed by atoms with Crippen LogP contribution in [0.2, 0.25) is 0 Å². The van der Waals surface area contributed by atoms with Gasteiger partial charge in [-0.25, -0.2) is 0 Å². The van der Waals surface area contributed by atoms with E-state index in [-0.39, 0.29) is 0 Å². The molecular weight excluding hydrogens is 172 g/mol. The van der Waals surface area contributed by atoms with Crippen molar-refractivity contribution in [2.24, 2.45) is 11.3 Å². The average molecular weight is 192 g/mol. The van der Waals surface area contributed by atoms with E-state index in [0.29, 0.717) is 12.3 Å². The second kappa shape index (κ2) is 5.54. The Morgan fingerprint density at radius 1 is 1.08 bits per heavy atom. The standard InChI is InChI=1S/C9H20O4/c1-7(2)3-4-9(5-10,6-11)8(12)13/h7-8,10-13H,3-6H2,1-2H3. The topological polar surface area (TPSA) is 80.9 Å². The minimum atomic E-state index is -1.67. The van der Waals surface area contributed by atoms with E-state index >= 15 is 0 Å². The second-order valence-electron chi connectivity index (χ2n) is 3.98. The van der Waals surface area contributed by atoms with Crippen molar-refractivity contribution in [2.45, 2.75) is 33.0 Å². The van der Waals surface area contributed by atoms with E-state index in [0.717, 1.165) is 6.42 Å². The van der Waals surface area contributed by atoms with Crippen LogP contribution < -0.4 is 0 Å². The second-order valence-corrected chi connectivity index (χ2v) is 3.98. The van der Waals surface area contributed by atoms with E-state index < -0.39 is 24.9 Å². The molecule has 0 aromatic carbocycles. The molecule has 80 valence electrons. The number of aliphatic hydroxyl groups excluding tert-OH is 3. The SMILES string of the molecule is CC(C)CCC(CO)(CO)C(O)O. The van der Waals surface area contributed by atoms with Gasteiger partial charge in [0.15, 0.2) is 6.29 Å². The largest absolute Gasteiger partial charge is 0.396 e. The van der Waals surface area contributed by atoms with E-state index in [2.05, 4.69) is 0 Å². The highest BCUT2D eigenvalue weighted by molar-refractivity contribution is 4.80. The molecule has 0 radical (unpaired) electrons. The summed E-state index contributed by atoms with van der Waals surface area (Å²) in [6, 6.07) is 0. The highest BCUT2D eigenvalue weighted by atomic mass is 16.5. The number of aliphatic hydroxyl groups is 4. The van der Waals surface area contributed by atoms with Crippen molar-refractivity contribution in [3.05, 3.63) is 0 Å². The third kappa shape index (κ3) is 3.60. The minimum absolute atomic E-state index is 0.409. The first kappa shape index (κ1) is 12.8. The summed E-state index contributed by atoms with van der Waals surface area (Å²) in [5, 5.41) is 36.0. The Morgan fingerprint density at radius 2 is 1.54 bits per heavy atom. The molecule has 0 fully saturated rings. The Morgan fingerprint density at radius 3 is 1.77 bits per heavy atom. The number of rotatable bonds is 6. The van der Waals surface area contributed by atoms with Gasteiger partial charge in [-0.15, -0.1) is 0 Å². The summed E-state index contributed by atoms with van der Waals surface area (Å²) in [5.74, 6) is 0.413. The smallest absolute Gasteiger partial charge is 0.161 e. The van der Waals surface area contributed by atoms with Crippen LogP contribution in [0.3, 0.4) is 0 Å². The predicted octanol–water partition coefficient (Wildman–Crippen LogP) is -0.296. The molecule has 0 aliphatic heterocycles. The van der Waals surface area contributed by atoms with Crippen molar-refractivity contribution in [3.8, 4) is 0 Å². The van der Waals surface area contributed by atoms with Crippen molar-refractivity contribution < 1.29 is 20.4 Å². The van der Waals surface area contributed by atoms with Crippen LogP contribution in [0.4, 0.5) is 0 Å². The van der Waals surface area contributed by atoms with E-state index in [4.69, 9.17) is 20.4 Å². The Labute approximate surface area is 78.8 Å². The molecule has 0 saturated heterocycles. The van der Waals surface area contributed by atoms with Crippen molar-refractivity contribution in [1.82, 2.24) is 0 Å². The van der Waals surface area contributed by atoms with Gasteiger partial charge in [0.25, 0.3) is 0 Å². The van der Waals surface area contributed by atoms with Gasteiger partial charge in [0.05, 0.1) is 18.6 Å². The first-order valence-corrected chi connectivity index (χ1v) is 4.56. The molecule has 0 spiro atoms. The fraction of sp³-hybridized carbons (Fsp3) is 1.00. The normalized spacial score (nSPS) is 12.9. The molecule has 0 amide bonds. The molecule has 0 aliphatic carbocycles. The van der Waals surface area contributed by atoms with Gasteiger partial charge < -0.3 is 20.4 Å². The van der Waals surface area contributed by atoms with Crippen LogP contribution in [0.5, 0.6) is 0 Å². The summed E-state index contributed by atoms with van der Waals surface area (Å²) < 4.78 is 0. The molecule has 0 aromatic heterocycles. The minimum Gasteiger partial charge on any atom is -0.396 e. The lowest BCUT2D eigenvalue weighted by Gasteiger charge is -2.31. The van der Waals surface area contributed by atoms with Gasteiger partial charge in [0, 0.05) is 0 Å². The van der Waals surface area contributed by atoms with Crippen molar-refractivity contribution in [3.63, 3.8) is 0 Å². The van der Waals surface area contributed by atoms with Gasteiger partial charge in [0.2, 0.25) is 0 Å². The molecule has 4 nitrogen and oxygen atoms in total. The van der Waals surface area contributed by atoms with Crippen LogP contribution in [0.1, 0.15) is 26.7 Å². The summed E-state index contributed by atoms with van der Waals surface area (Å²) in [7, 11) is 0. The molecule has 4 heteroatoms. The van der Waals surface area contributed by atoms with Gasteiger partial charge in [-0.3, -0.25) is 0 Å². The Kier molecular flexibility index (Phi) is 5.48. The first-order chi connectivity index (χ1) is 5.98. The predicted molar refractivity (Wildman–Crippen MR) is 48.9 cm³/mol. The monoisotopic (exact) mass is 192 g/mol. The average Bonchev–Trinajstić information content (AvgIpc) is 2.06. The lowest BCUT2D eigenvalue weighted by molar-refractivity contribution is -0.172. The third-order valence-corrected chi connectivity index (χ3v) is 2.40. The molecule has 0 bridgehead atoms. The van der Waals surface area contributed by atoms with E-state index in [1.807, 2.05) is 13.8 Å². The summed E-state index contributed by atoms with van der Waals surface area (Å²) >= 11 is 0. The van der Waals surface area contributed by atoms with Crippen LogP contribution in [0.15, 0.2) is 0 Å². The van der Waals surface area contributed by atoms with Gasteiger partial charge >= 0.3 is 0 Å². The quantitative estimate of drug-likeness (QED) is 0.436. The molecule has 4 N–H and O–H groups in total. The molecule has 0 heterocycles. The first-order valence-electron chi connectivity index (χ1n) is 4.56. The van der Waals surface area contributed by atoms with Crippen LogP contribution in [-0.2, 0) is 0 Å². The number of hydrogen-bond acceptors (Lipinski definition) is 4. The van der Waals surface area contributed by atoms with E-state index in [1.165, 1.54) is 0 Å². The summed E-state index contributed by atoms with van der Waals surface area (Å²) in [6.07, 6.45) is -0.505. The summed E-state index contributed by atoms with van der Waals surface area (Å²) in [4.78, 5) is 0. The maximum absolute atomic E-state index is 9.01. The highest BCUT2D eigenvalue weighted by Gasteiger charge is 2.35. The zero-order valence-electron chi connectivity index (χ0n) is 8.27. The molecule has 0 aliphatic rings. The summed E-state index contributed by atoms with van der Waals surface area (Å²) in [6.45, 7) is 3.19. The maximum Gasteiger partial charge on any atom is 0.161 e. The van der Waals surface area contributed by atoms with Crippen LogP contribution >= 0.6 is 0 Å². The molecule has 0 unspecified atom stereocenters. The Hall–Kier alpha value is -0.160. The molecular formula is C9H20O4. The highest BCUT2D eigenvalue weighted by Crippen LogP contribution is 2.28. The summed E-state index contributed by atoms with van der Waals surface area (Å²) in [5.41, 5.74) is -1.16. The lowest BCUT2D eigenvalue weighted by Crippen LogP contribution is -2.42. The molecule has 0 aromatic rings. The van der Waals surface area contributed by atoms with Crippen molar-refractivity contribution in [2.75, 3.05) is 13.2 Å². The molecule has 0 rings (SSSR count). The van der Waals surface area contributed by atoms with E-state index in [9.17, 15) is 0 Å². The fourth-order valence-corrected chi connectivity index (χ4v) is 1.08. The number of hydrogen-bond donors (Lipinski definition) is 4. The third-order valence-electron chi connectivity index (χ3n) is 2.40. The fourth-order valence-electron chi connectivity index (χ4n) is 1.08. The van der Waals surface area contributed by atoms with E-state index in [1.54, 1.807) is 0 Å². The van der Waals surface area contributed by atoms with Crippen LogP contribution in [0.25, 0.3) is 0 Å². The van der Waals surface area contributed by atoms with Crippen molar-refractivity contribution >= 4 is 0 Å². The van der Waals surface area contributed by atoms with Gasteiger partial charge in [0.1, 0.15) is 0 Å². The lowest BCUT2D eigenvalue weighted by atomic mass is 9.82. The maximum atomic E-state index is 9.01. The van der Waals surface area contributed by atoms with Gasteiger partial charge in [-0.05, 0) is 12.3 Å². The Bertz CT molecular complexity index is 130. The van der Waals surface area contributed by atoms with Crippen LogP contribution in [-0.4, -0.2) is 39.9 Å². The molecule has 0 atom stereocenters. The van der Waals surface area contributed by atoms with Gasteiger partial charge in [-0.1, -0.05) is 20.3 Å². The van der Waals surface area contributed by atoms with Gasteiger partial charge in [-0.2, -0.15) is 0 Å². The zero-order valence-corrected chi connectivity index (χ0v) is 8.27. The molecule has 0 saturated carbocycles. The molecule has 13 heavy (non-hydrogen) atoms. The van der Waals surface area contributed by atoms with Crippen LogP contribution in [0, 0.1) is 11.3 Å². The Balaban J connectivity index is 4.22. The zero-order chi connectivity index (χ0) is 10.5. The van der Waals surface area contributed by atoms with Crippen molar-refractivity contribution in [1.29, 1.82) is 0 Å².